The van der Waals surface area contributed by atoms with Crippen LogP contribution in [-0.2, 0) is 0 Å². The van der Waals surface area contributed by atoms with Crippen LogP contribution in [-0.4, -0.2) is 23.6 Å². The Morgan fingerprint density at radius 1 is 1.41 bits per heavy atom. The third-order valence-corrected chi connectivity index (χ3v) is 3.82. The Balaban J connectivity index is 2.15. The molecule has 0 radical (unpaired) electrons. The summed E-state index contributed by atoms with van der Waals surface area (Å²) in [6.07, 6.45) is 0. The number of carbonyl (C=O) groups is 1. The molecule has 1 amide bonds. The van der Waals surface area contributed by atoms with Crippen LogP contribution in [0.25, 0.3) is 0 Å². The van der Waals surface area contributed by atoms with E-state index in [9.17, 15) is 4.79 Å². The summed E-state index contributed by atoms with van der Waals surface area (Å²) in [7, 11) is 0. The second-order valence-electron chi connectivity index (χ2n) is 4.54. The van der Waals surface area contributed by atoms with Gasteiger partial charge in [0.1, 0.15) is 0 Å². The number of nitrogens with one attached hydrogen (secondary N) is 1. The number of fused-ring (bicyclic) bond motifs is 1. The van der Waals surface area contributed by atoms with Crippen molar-refractivity contribution in [1.29, 1.82) is 0 Å². The van der Waals surface area contributed by atoms with E-state index < -0.39 is 0 Å². The molecule has 1 N–H and O–H groups in total. The number of hydrogen-bond acceptors (Lipinski definition) is 3. The van der Waals surface area contributed by atoms with E-state index in [-0.39, 0.29) is 18.2 Å². The number of amides is 1. The lowest BCUT2D eigenvalue weighted by atomic mass is 10.1. The fraction of sp³-hybridized carbons (Fsp3) is 0.417. The maximum Gasteiger partial charge on any atom is 0.251 e. The van der Waals surface area contributed by atoms with E-state index in [0.717, 1.165) is 0 Å². The molecular formula is C12H14BrNO3. The summed E-state index contributed by atoms with van der Waals surface area (Å²) < 4.78 is 10.4. The van der Waals surface area contributed by atoms with Crippen molar-refractivity contribution in [3.63, 3.8) is 0 Å². The fourth-order valence-corrected chi connectivity index (χ4v) is 1.59. The van der Waals surface area contributed by atoms with Crippen LogP contribution in [0, 0.1) is 0 Å². The van der Waals surface area contributed by atoms with Crippen molar-refractivity contribution in [2.75, 3.05) is 12.1 Å². The molecule has 92 valence electrons. The van der Waals surface area contributed by atoms with Crippen molar-refractivity contribution < 1.29 is 14.3 Å². The molecule has 0 saturated carbocycles. The van der Waals surface area contributed by atoms with E-state index >= 15 is 0 Å². The monoisotopic (exact) mass is 299 g/mol. The summed E-state index contributed by atoms with van der Waals surface area (Å²) in [6, 6.07) is 5.17. The fourth-order valence-electron chi connectivity index (χ4n) is 1.45. The number of ether oxygens (including phenoxy) is 2. The van der Waals surface area contributed by atoms with E-state index in [1.807, 2.05) is 13.8 Å². The maximum atomic E-state index is 12.0. The third-order valence-electron chi connectivity index (χ3n) is 2.42. The van der Waals surface area contributed by atoms with Gasteiger partial charge in [0.25, 0.3) is 5.91 Å². The van der Waals surface area contributed by atoms with E-state index in [4.69, 9.17) is 9.47 Å². The number of alkyl halides is 1. The van der Waals surface area contributed by atoms with Gasteiger partial charge in [-0.25, -0.2) is 0 Å². The highest BCUT2D eigenvalue weighted by atomic mass is 79.9. The normalized spacial score (nSPS) is 13.6. The SMILES string of the molecule is CC(C)(CBr)NC(=O)c1ccc2c(c1)OCO2. The zero-order valence-electron chi connectivity index (χ0n) is 9.75. The number of hydrogen-bond donors (Lipinski definition) is 1. The van der Waals surface area contributed by atoms with Gasteiger partial charge < -0.3 is 14.8 Å². The second-order valence-corrected chi connectivity index (χ2v) is 5.10. The van der Waals surface area contributed by atoms with Crippen LogP contribution in [0.3, 0.4) is 0 Å². The Morgan fingerprint density at radius 3 is 2.82 bits per heavy atom. The largest absolute Gasteiger partial charge is 0.454 e. The molecule has 0 aromatic heterocycles. The van der Waals surface area contributed by atoms with Crippen LogP contribution < -0.4 is 14.8 Å². The third kappa shape index (κ3) is 2.72. The van der Waals surface area contributed by atoms with Crippen molar-refractivity contribution in [2.45, 2.75) is 19.4 Å². The second kappa shape index (κ2) is 4.56. The quantitative estimate of drug-likeness (QED) is 0.872. The molecule has 1 aromatic rings. The van der Waals surface area contributed by atoms with Crippen molar-refractivity contribution in [1.82, 2.24) is 5.32 Å². The highest BCUT2D eigenvalue weighted by Crippen LogP contribution is 2.32. The summed E-state index contributed by atoms with van der Waals surface area (Å²) in [5, 5.41) is 3.62. The summed E-state index contributed by atoms with van der Waals surface area (Å²) >= 11 is 3.36. The highest BCUT2D eigenvalue weighted by molar-refractivity contribution is 9.09. The lowest BCUT2D eigenvalue weighted by molar-refractivity contribution is 0.0921. The molecule has 1 aliphatic rings. The van der Waals surface area contributed by atoms with E-state index in [1.165, 1.54) is 0 Å². The van der Waals surface area contributed by atoms with Crippen LogP contribution in [0.5, 0.6) is 11.5 Å². The molecule has 5 heteroatoms. The smallest absolute Gasteiger partial charge is 0.251 e. The molecule has 1 aromatic carbocycles. The predicted molar refractivity (Wildman–Crippen MR) is 67.9 cm³/mol. The first-order chi connectivity index (χ1) is 8.02. The van der Waals surface area contributed by atoms with Crippen molar-refractivity contribution in [3.05, 3.63) is 23.8 Å². The number of benzene rings is 1. The molecular weight excluding hydrogens is 286 g/mol. The van der Waals surface area contributed by atoms with Gasteiger partial charge in [0.05, 0.1) is 0 Å². The molecule has 0 saturated heterocycles. The first-order valence-corrected chi connectivity index (χ1v) is 6.42. The van der Waals surface area contributed by atoms with Crippen LogP contribution in [0.2, 0.25) is 0 Å². The highest BCUT2D eigenvalue weighted by Gasteiger charge is 2.21. The number of halogens is 1. The molecule has 1 aliphatic heterocycles. The van der Waals surface area contributed by atoms with Crippen molar-refractivity contribution >= 4 is 21.8 Å². The minimum absolute atomic E-state index is 0.118. The Bertz CT molecular complexity index is 445. The lowest BCUT2D eigenvalue weighted by Crippen LogP contribution is -2.44. The average Bonchev–Trinajstić information content (AvgIpc) is 2.75. The first kappa shape index (κ1) is 12.2. The van der Waals surface area contributed by atoms with Crippen molar-refractivity contribution in [3.8, 4) is 11.5 Å². The molecule has 4 nitrogen and oxygen atoms in total. The van der Waals surface area contributed by atoms with Crippen LogP contribution in [0.4, 0.5) is 0 Å². The van der Waals surface area contributed by atoms with Gasteiger partial charge in [-0.15, -0.1) is 0 Å². The summed E-state index contributed by atoms with van der Waals surface area (Å²) in [4.78, 5) is 12.0. The molecule has 0 fully saturated rings. The maximum absolute atomic E-state index is 12.0. The van der Waals surface area contributed by atoms with E-state index in [1.54, 1.807) is 18.2 Å². The molecule has 0 spiro atoms. The minimum Gasteiger partial charge on any atom is -0.454 e. The Hall–Kier alpha value is -1.23. The summed E-state index contributed by atoms with van der Waals surface area (Å²) in [5.74, 6) is 1.18. The van der Waals surface area contributed by atoms with Crippen LogP contribution in [0.1, 0.15) is 24.2 Å². The van der Waals surface area contributed by atoms with Gasteiger partial charge in [0, 0.05) is 16.4 Å². The molecule has 0 atom stereocenters. The van der Waals surface area contributed by atoms with Crippen LogP contribution >= 0.6 is 15.9 Å². The molecule has 0 unspecified atom stereocenters. The average molecular weight is 300 g/mol. The topological polar surface area (TPSA) is 47.6 Å². The zero-order valence-corrected chi connectivity index (χ0v) is 11.3. The van der Waals surface area contributed by atoms with E-state index in [0.29, 0.717) is 22.4 Å². The van der Waals surface area contributed by atoms with Gasteiger partial charge in [-0.1, -0.05) is 15.9 Å². The summed E-state index contributed by atoms with van der Waals surface area (Å²) in [5.41, 5.74) is 0.288. The van der Waals surface area contributed by atoms with Gasteiger partial charge in [0.2, 0.25) is 6.79 Å². The van der Waals surface area contributed by atoms with E-state index in [2.05, 4.69) is 21.2 Å². The molecule has 17 heavy (non-hydrogen) atoms. The Labute approximate surface area is 108 Å². The van der Waals surface area contributed by atoms with Gasteiger partial charge in [0.15, 0.2) is 11.5 Å². The molecule has 2 rings (SSSR count). The molecule has 0 aliphatic carbocycles. The number of carbonyl (C=O) groups excluding carboxylic acids is 1. The first-order valence-electron chi connectivity index (χ1n) is 5.30. The Morgan fingerprint density at radius 2 is 2.12 bits per heavy atom. The zero-order chi connectivity index (χ0) is 12.5. The number of rotatable bonds is 3. The predicted octanol–water partition coefficient (Wildman–Crippen LogP) is 2.32. The lowest BCUT2D eigenvalue weighted by Gasteiger charge is -2.23. The molecule has 1 heterocycles. The van der Waals surface area contributed by atoms with Gasteiger partial charge in [-0.05, 0) is 32.0 Å². The van der Waals surface area contributed by atoms with Crippen LogP contribution in [0.15, 0.2) is 18.2 Å². The standard InChI is InChI=1S/C12H14BrNO3/c1-12(2,6-13)14-11(15)8-3-4-9-10(5-8)17-7-16-9/h3-5H,6-7H2,1-2H3,(H,14,15). The minimum atomic E-state index is -0.284. The van der Waals surface area contributed by atoms with Gasteiger partial charge in [-0.2, -0.15) is 0 Å². The van der Waals surface area contributed by atoms with Gasteiger partial charge >= 0.3 is 0 Å². The van der Waals surface area contributed by atoms with Gasteiger partial charge in [-0.3, -0.25) is 4.79 Å². The van der Waals surface area contributed by atoms with Crippen molar-refractivity contribution in [2.24, 2.45) is 0 Å². The summed E-state index contributed by atoms with van der Waals surface area (Å²) in [6.45, 7) is 4.12. The molecule has 0 bridgehead atoms. The Kier molecular flexibility index (Phi) is 3.28.